The zero-order valence-electron chi connectivity index (χ0n) is 5.48. The molecular weight excluding hydrogens is 101 g/mol. The topological polar surface area (TPSA) is 21.3 Å². The Morgan fingerprint density at radius 2 is 2.38 bits per heavy atom. The Morgan fingerprint density at radius 3 is 2.62 bits per heavy atom. The van der Waals surface area contributed by atoms with E-state index in [1.165, 1.54) is 0 Å². The van der Waals surface area contributed by atoms with Crippen molar-refractivity contribution in [3.63, 3.8) is 0 Å². The summed E-state index contributed by atoms with van der Waals surface area (Å²) < 4.78 is 0. The van der Waals surface area contributed by atoms with Gasteiger partial charge in [0.15, 0.2) is 6.71 Å². The van der Waals surface area contributed by atoms with E-state index in [1.54, 1.807) is 0 Å². The lowest BCUT2D eigenvalue weighted by atomic mass is 9.49. The molecule has 1 aliphatic heterocycles. The van der Waals surface area contributed by atoms with E-state index in [-0.39, 0.29) is 0 Å². The Hall–Kier alpha value is -0.0151. The van der Waals surface area contributed by atoms with Gasteiger partial charge >= 0.3 is 0 Å². The molecule has 0 spiro atoms. The highest BCUT2D eigenvalue weighted by atomic mass is 16.7. The summed E-state index contributed by atoms with van der Waals surface area (Å²) in [7, 11) is 0. The maximum Gasteiger partial charge on any atom is 0.172 e. The molecule has 1 fully saturated rings. The molecule has 0 aliphatic carbocycles. The van der Waals surface area contributed by atoms with Crippen molar-refractivity contribution in [2.24, 2.45) is 0 Å². The summed E-state index contributed by atoms with van der Waals surface area (Å²) in [6, 6.07) is 0.454. The quantitative estimate of drug-likeness (QED) is 0.502. The molecular formula is C5H12BNO. The van der Waals surface area contributed by atoms with Gasteiger partial charge in [-0.2, -0.15) is 0 Å². The van der Waals surface area contributed by atoms with Gasteiger partial charge in [0.05, 0.1) is 6.00 Å². The van der Waals surface area contributed by atoms with E-state index in [0.717, 1.165) is 13.0 Å². The Kier molecular flexibility index (Phi) is 1.92. The van der Waals surface area contributed by atoms with Gasteiger partial charge in [0.2, 0.25) is 0 Å². The molecule has 2 nitrogen and oxygen atoms in total. The number of nitrogens with one attached hydrogen (secondary N) is 1. The third kappa shape index (κ3) is 1.23. The van der Waals surface area contributed by atoms with Crippen LogP contribution >= 0.6 is 0 Å². The predicted molar refractivity (Wildman–Crippen MR) is 35.0 cm³/mol. The molecule has 0 aromatic heterocycles. The van der Waals surface area contributed by atoms with E-state index in [0.29, 0.717) is 12.7 Å². The normalized spacial score (nSPS) is 28.5. The molecule has 0 saturated carbocycles. The average Bonchev–Trinajstić information content (AvgIpc) is 2.12. The number of hydrogen-bond donors (Lipinski definition) is 1. The largest absolute Gasteiger partial charge is 0.307 e. The first-order chi connectivity index (χ1) is 3.80. The van der Waals surface area contributed by atoms with E-state index >= 15 is 0 Å². The van der Waals surface area contributed by atoms with Gasteiger partial charge in [-0.1, -0.05) is 13.6 Å². The third-order valence-corrected chi connectivity index (χ3v) is 1.51. The summed E-state index contributed by atoms with van der Waals surface area (Å²) in [5.41, 5.74) is 2.85. The fraction of sp³-hybridized carbons (Fsp3) is 1.00. The molecule has 8 heavy (non-hydrogen) atoms. The van der Waals surface area contributed by atoms with Gasteiger partial charge in [-0.15, -0.1) is 0 Å². The lowest BCUT2D eigenvalue weighted by Gasteiger charge is -2.07. The van der Waals surface area contributed by atoms with Crippen molar-refractivity contribution in [1.29, 1.82) is 0 Å². The van der Waals surface area contributed by atoms with Crippen LogP contribution in [0.2, 0.25) is 13.6 Å². The van der Waals surface area contributed by atoms with Crippen LogP contribution in [0.1, 0.15) is 6.42 Å². The Morgan fingerprint density at radius 1 is 1.62 bits per heavy atom. The van der Waals surface area contributed by atoms with Crippen LogP contribution in [-0.2, 0) is 4.84 Å². The van der Waals surface area contributed by atoms with Crippen LogP contribution in [0, 0.1) is 0 Å². The van der Waals surface area contributed by atoms with Gasteiger partial charge in [-0.25, -0.2) is 5.48 Å². The maximum absolute atomic E-state index is 5.16. The predicted octanol–water partition coefficient (Wildman–Crippen LogP) is 0.573. The molecule has 0 bridgehead atoms. The molecule has 3 heteroatoms. The van der Waals surface area contributed by atoms with E-state index in [4.69, 9.17) is 4.84 Å². The van der Waals surface area contributed by atoms with Gasteiger partial charge in [0.1, 0.15) is 0 Å². The van der Waals surface area contributed by atoms with E-state index in [9.17, 15) is 0 Å². The minimum absolute atomic E-state index is 0.454. The van der Waals surface area contributed by atoms with Crippen LogP contribution in [0.5, 0.6) is 0 Å². The number of hydroxylamine groups is 1. The number of rotatable bonds is 1. The van der Waals surface area contributed by atoms with Gasteiger partial charge in [0, 0.05) is 6.54 Å². The van der Waals surface area contributed by atoms with E-state index in [1.807, 2.05) is 0 Å². The fourth-order valence-electron chi connectivity index (χ4n) is 0.895. The summed E-state index contributed by atoms with van der Waals surface area (Å²) in [5.74, 6) is 0. The zero-order chi connectivity index (χ0) is 5.98. The minimum Gasteiger partial charge on any atom is -0.307 e. The minimum atomic E-state index is 0.454. The molecule has 1 saturated heterocycles. The summed E-state index contributed by atoms with van der Waals surface area (Å²) in [6.07, 6.45) is 1.16. The van der Waals surface area contributed by atoms with Gasteiger partial charge in [0.25, 0.3) is 0 Å². The average molecular weight is 113 g/mol. The van der Waals surface area contributed by atoms with Crippen molar-refractivity contribution in [2.75, 3.05) is 6.54 Å². The van der Waals surface area contributed by atoms with Crippen molar-refractivity contribution in [3.05, 3.63) is 0 Å². The lowest BCUT2D eigenvalue weighted by Crippen LogP contribution is -2.24. The first-order valence-corrected chi connectivity index (χ1v) is 3.19. The summed E-state index contributed by atoms with van der Waals surface area (Å²) in [5, 5.41) is 0. The maximum atomic E-state index is 5.16. The van der Waals surface area contributed by atoms with Crippen LogP contribution in [0.15, 0.2) is 0 Å². The monoisotopic (exact) mass is 113 g/mol. The van der Waals surface area contributed by atoms with Crippen LogP contribution in [0.3, 0.4) is 0 Å². The third-order valence-electron chi connectivity index (χ3n) is 1.51. The molecule has 1 rings (SSSR count). The smallest absolute Gasteiger partial charge is 0.172 e. The first-order valence-electron chi connectivity index (χ1n) is 3.19. The SMILES string of the molecule is CB(C)[C@@H]1CCNO1. The molecule has 0 unspecified atom stereocenters. The zero-order valence-corrected chi connectivity index (χ0v) is 5.48. The van der Waals surface area contributed by atoms with Crippen LogP contribution in [0.4, 0.5) is 0 Å². The first kappa shape index (κ1) is 6.11. The van der Waals surface area contributed by atoms with E-state index in [2.05, 4.69) is 19.1 Å². The van der Waals surface area contributed by atoms with E-state index < -0.39 is 0 Å². The molecule has 0 amide bonds. The van der Waals surface area contributed by atoms with Gasteiger partial charge < -0.3 is 4.84 Å². The molecule has 1 aliphatic rings. The van der Waals surface area contributed by atoms with Crippen LogP contribution in [0.25, 0.3) is 0 Å². The second-order valence-electron chi connectivity index (χ2n) is 2.58. The van der Waals surface area contributed by atoms with Crippen LogP contribution < -0.4 is 5.48 Å². The van der Waals surface area contributed by atoms with Crippen molar-refractivity contribution < 1.29 is 4.84 Å². The Bertz CT molecular complexity index is 70.8. The summed E-state index contributed by atoms with van der Waals surface area (Å²) in [4.78, 5) is 5.16. The Labute approximate surface area is 50.6 Å². The highest BCUT2D eigenvalue weighted by Crippen LogP contribution is 2.05. The lowest BCUT2D eigenvalue weighted by molar-refractivity contribution is 0.0750. The highest BCUT2D eigenvalue weighted by molar-refractivity contribution is 6.57. The highest BCUT2D eigenvalue weighted by Gasteiger charge is 2.20. The second-order valence-corrected chi connectivity index (χ2v) is 2.58. The van der Waals surface area contributed by atoms with Crippen molar-refractivity contribution >= 4 is 6.71 Å². The van der Waals surface area contributed by atoms with Crippen molar-refractivity contribution in [2.45, 2.75) is 26.1 Å². The fourth-order valence-corrected chi connectivity index (χ4v) is 0.895. The molecule has 1 atom stereocenters. The van der Waals surface area contributed by atoms with Gasteiger partial charge in [-0.3, -0.25) is 0 Å². The molecule has 0 radical (unpaired) electrons. The van der Waals surface area contributed by atoms with Crippen molar-refractivity contribution in [3.8, 4) is 0 Å². The second kappa shape index (κ2) is 2.51. The van der Waals surface area contributed by atoms with Gasteiger partial charge in [-0.05, 0) is 6.42 Å². The number of hydrogen-bond acceptors (Lipinski definition) is 2. The summed E-state index contributed by atoms with van der Waals surface area (Å²) >= 11 is 0. The molecule has 0 aromatic rings. The van der Waals surface area contributed by atoms with Crippen LogP contribution in [-0.4, -0.2) is 19.3 Å². The summed E-state index contributed by atoms with van der Waals surface area (Å²) in [6.45, 7) is 6.03. The molecule has 1 heterocycles. The molecule has 46 valence electrons. The standard InChI is InChI=1S/C5H12BNO/c1-6(2)5-3-4-7-8-5/h5,7H,3-4H2,1-2H3/t5-/m0/s1. The molecule has 1 N–H and O–H groups in total. The molecule has 0 aromatic carbocycles. The Balaban J connectivity index is 2.24. The van der Waals surface area contributed by atoms with Crippen molar-refractivity contribution in [1.82, 2.24) is 5.48 Å².